The summed E-state index contributed by atoms with van der Waals surface area (Å²) in [6.45, 7) is 4.98. The summed E-state index contributed by atoms with van der Waals surface area (Å²) in [5, 5.41) is 20.4. The zero-order valence-electron chi connectivity index (χ0n) is 19.8. The van der Waals surface area contributed by atoms with Crippen LogP contribution in [0.2, 0.25) is 5.02 Å². The summed E-state index contributed by atoms with van der Waals surface area (Å²) in [7, 11) is -1.24. The molecule has 4 rings (SSSR count). The molecule has 0 aliphatic heterocycles. The minimum atomic E-state index is -1.24. The third kappa shape index (κ3) is 4.95. The van der Waals surface area contributed by atoms with Crippen LogP contribution in [0.25, 0.3) is 28.2 Å². The van der Waals surface area contributed by atoms with Crippen molar-refractivity contribution in [2.75, 3.05) is 6.26 Å². The van der Waals surface area contributed by atoms with E-state index in [0.29, 0.717) is 16.2 Å². The Bertz CT molecular complexity index is 1420. The smallest absolute Gasteiger partial charge is 0.149 e. The number of aliphatic hydroxyl groups excluding tert-OH is 1. The second kappa shape index (κ2) is 9.66. The minimum Gasteiger partial charge on any atom is -0.392 e. The van der Waals surface area contributed by atoms with Crippen LogP contribution in [0.15, 0.2) is 65.7 Å². The first-order chi connectivity index (χ1) is 16.5. The third-order valence-electron chi connectivity index (χ3n) is 5.86. The Labute approximate surface area is 211 Å². The molecule has 0 spiro atoms. The van der Waals surface area contributed by atoms with Crippen LogP contribution >= 0.6 is 11.6 Å². The van der Waals surface area contributed by atoms with E-state index in [0.717, 1.165) is 22.4 Å². The molecule has 5 nitrogen and oxygen atoms in total. The van der Waals surface area contributed by atoms with Crippen LogP contribution in [0, 0.1) is 12.7 Å². The lowest BCUT2D eigenvalue weighted by Gasteiger charge is -2.15. The Morgan fingerprint density at radius 2 is 1.80 bits per heavy atom. The Hall–Kier alpha value is -2.84. The topological polar surface area (TPSA) is 75.3 Å². The van der Waals surface area contributed by atoms with Gasteiger partial charge in [-0.25, -0.2) is 9.37 Å². The molecular formula is C27H26ClFN2O3S. The Morgan fingerprint density at radius 3 is 2.40 bits per heavy atom. The highest BCUT2D eigenvalue weighted by Gasteiger charge is 2.26. The Morgan fingerprint density at radius 1 is 1.11 bits per heavy atom. The van der Waals surface area contributed by atoms with Crippen molar-refractivity contribution in [3.05, 3.63) is 88.5 Å². The predicted octanol–water partition coefficient (Wildman–Crippen LogP) is 5.76. The number of imidazole rings is 1. The molecule has 0 saturated carbocycles. The van der Waals surface area contributed by atoms with Crippen molar-refractivity contribution >= 4 is 22.4 Å². The van der Waals surface area contributed by atoms with Gasteiger partial charge in [-0.05, 0) is 73.4 Å². The van der Waals surface area contributed by atoms with Crippen LogP contribution < -0.4 is 0 Å². The lowest BCUT2D eigenvalue weighted by Crippen LogP contribution is -2.15. The van der Waals surface area contributed by atoms with Crippen LogP contribution in [0.5, 0.6) is 0 Å². The summed E-state index contributed by atoms with van der Waals surface area (Å²) in [5.41, 5.74) is 3.31. The van der Waals surface area contributed by atoms with E-state index in [1.165, 1.54) is 12.1 Å². The van der Waals surface area contributed by atoms with Crippen LogP contribution in [-0.2, 0) is 23.0 Å². The van der Waals surface area contributed by atoms with E-state index in [4.69, 9.17) is 11.6 Å². The second-order valence-electron chi connectivity index (χ2n) is 8.91. The van der Waals surface area contributed by atoms with Gasteiger partial charge in [0.1, 0.15) is 17.2 Å². The number of aromatic nitrogens is 2. The predicted molar refractivity (Wildman–Crippen MR) is 138 cm³/mol. The molecule has 3 aromatic carbocycles. The van der Waals surface area contributed by atoms with Gasteiger partial charge in [-0.1, -0.05) is 35.9 Å². The summed E-state index contributed by atoms with van der Waals surface area (Å²) in [6, 6.07) is 15.7. The van der Waals surface area contributed by atoms with E-state index in [9.17, 15) is 18.8 Å². The Kier molecular flexibility index (Phi) is 6.97. The lowest BCUT2D eigenvalue weighted by molar-refractivity contribution is 0.0743. The van der Waals surface area contributed by atoms with Gasteiger partial charge in [0.25, 0.3) is 0 Å². The number of aliphatic hydroxyl groups is 2. The molecule has 0 saturated heterocycles. The molecule has 0 aliphatic carbocycles. The maximum atomic E-state index is 14.8. The van der Waals surface area contributed by atoms with Gasteiger partial charge in [-0.2, -0.15) is 0 Å². The van der Waals surface area contributed by atoms with Gasteiger partial charge in [0.2, 0.25) is 0 Å². The summed E-state index contributed by atoms with van der Waals surface area (Å²) >= 11 is 6.36. The van der Waals surface area contributed by atoms with Gasteiger partial charge in [0.15, 0.2) is 0 Å². The van der Waals surface area contributed by atoms with Crippen molar-refractivity contribution in [3.63, 3.8) is 0 Å². The van der Waals surface area contributed by atoms with E-state index in [1.807, 2.05) is 37.3 Å². The molecular weight excluding hydrogens is 487 g/mol. The summed E-state index contributed by atoms with van der Waals surface area (Å²) < 4.78 is 28.7. The number of benzene rings is 3. The molecule has 8 heteroatoms. The molecule has 182 valence electrons. The van der Waals surface area contributed by atoms with Crippen molar-refractivity contribution in [3.8, 4) is 28.2 Å². The van der Waals surface area contributed by atoms with Gasteiger partial charge < -0.3 is 10.2 Å². The van der Waals surface area contributed by atoms with Crippen molar-refractivity contribution in [1.82, 2.24) is 9.55 Å². The quantitative estimate of drug-likeness (QED) is 0.344. The highest BCUT2D eigenvalue weighted by atomic mass is 35.5. The van der Waals surface area contributed by atoms with Gasteiger partial charge in [0.05, 0.1) is 39.4 Å². The maximum absolute atomic E-state index is 14.8. The molecule has 4 aromatic rings. The van der Waals surface area contributed by atoms with Crippen LogP contribution in [-0.4, -0.2) is 30.2 Å². The number of hydrogen-bond acceptors (Lipinski definition) is 4. The van der Waals surface area contributed by atoms with E-state index < -0.39 is 22.2 Å². The van der Waals surface area contributed by atoms with Crippen LogP contribution in [0.3, 0.4) is 0 Å². The van der Waals surface area contributed by atoms with E-state index >= 15 is 0 Å². The van der Waals surface area contributed by atoms with E-state index in [2.05, 4.69) is 4.98 Å². The van der Waals surface area contributed by atoms with Crippen LogP contribution in [0.1, 0.15) is 30.7 Å². The Balaban J connectivity index is 1.87. The third-order valence-corrected chi connectivity index (χ3v) is 7.17. The van der Waals surface area contributed by atoms with Gasteiger partial charge in [-0.15, -0.1) is 0 Å². The first-order valence-corrected chi connectivity index (χ1v) is 12.9. The molecule has 35 heavy (non-hydrogen) atoms. The van der Waals surface area contributed by atoms with E-state index in [1.54, 1.807) is 43.0 Å². The van der Waals surface area contributed by atoms with Crippen molar-refractivity contribution in [2.24, 2.45) is 0 Å². The normalized spacial score (nSPS) is 12.7. The van der Waals surface area contributed by atoms with Crippen LogP contribution in [0.4, 0.5) is 4.39 Å². The lowest BCUT2D eigenvalue weighted by atomic mass is 10.0. The van der Waals surface area contributed by atoms with Gasteiger partial charge >= 0.3 is 0 Å². The largest absolute Gasteiger partial charge is 0.392 e. The average Bonchev–Trinajstić information content (AvgIpc) is 3.23. The molecule has 0 bridgehead atoms. The molecule has 1 heterocycles. The zero-order chi connectivity index (χ0) is 25.5. The first-order valence-electron chi connectivity index (χ1n) is 11.0. The molecule has 0 aliphatic rings. The first kappa shape index (κ1) is 25.3. The van der Waals surface area contributed by atoms with Gasteiger partial charge in [-0.3, -0.25) is 8.78 Å². The number of rotatable bonds is 6. The molecule has 0 fully saturated rings. The fourth-order valence-corrected chi connectivity index (χ4v) is 5.03. The summed E-state index contributed by atoms with van der Waals surface area (Å²) in [4.78, 5) is 5.14. The van der Waals surface area contributed by atoms with Gasteiger partial charge in [0, 0.05) is 17.3 Å². The highest BCUT2D eigenvalue weighted by Crippen LogP contribution is 2.35. The summed E-state index contributed by atoms with van der Waals surface area (Å²) in [5.74, 6) is -0.220. The standard InChI is InChI=1S/C27H26ClFN2O3S/c1-16-12-17(18-8-9-19(15-32)23(13-18)35(4)34)10-11-22(16)31-14-24(27(2,3)33)30-26(31)25-20(28)6-5-7-21(25)29/h5-14,32-33H,15H2,1-4H3. The van der Waals surface area contributed by atoms with Crippen molar-refractivity contribution in [1.29, 1.82) is 0 Å². The average molecular weight is 513 g/mol. The summed E-state index contributed by atoms with van der Waals surface area (Å²) in [6.07, 6.45) is 3.27. The number of aryl methyl sites for hydroxylation is 1. The monoisotopic (exact) mass is 512 g/mol. The molecule has 1 aromatic heterocycles. The molecule has 1 atom stereocenters. The number of hydrogen-bond donors (Lipinski definition) is 2. The second-order valence-corrected chi connectivity index (χ2v) is 10.7. The fourth-order valence-electron chi connectivity index (χ4n) is 3.98. The zero-order valence-corrected chi connectivity index (χ0v) is 21.4. The highest BCUT2D eigenvalue weighted by molar-refractivity contribution is 7.84. The SMILES string of the molecule is Cc1cc(-c2ccc(CO)c(S(C)=O)c2)ccc1-n1cc(C(C)(C)O)nc1-c1c(F)cccc1Cl. The molecule has 0 amide bonds. The molecule has 0 radical (unpaired) electrons. The van der Waals surface area contributed by atoms with E-state index in [-0.39, 0.29) is 23.0 Å². The maximum Gasteiger partial charge on any atom is 0.149 e. The molecule has 1 unspecified atom stereocenters. The minimum absolute atomic E-state index is 0.155. The van der Waals surface area contributed by atoms with Crippen molar-refractivity contribution in [2.45, 2.75) is 37.9 Å². The number of halogens is 2. The molecule has 2 N–H and O–H groups in total. The van der Waals surface area contributed by atoms with Crippen molar-refractivity contribution < 1.29 is 18.8 Å². The number of nitrogens with zero attached hydrogens (tertiary/aromatic N) is 2. The fraction of sp³-hybridized carbons (Fsp3) is 0.222.